The summed E-state index contributed by atoms with van der Waals surface area (Å²) < 4.78 is 4.21. The maximum Gasteiger partial charge on any atom is 0.137 e. The minimum absolute atomic E-state index is 0.686. The highest BCUT2D eigenvalue weighted by molar-refractivity contribution is 5.93. The lowest BCUT2D eigenvalue weighted by molar-refractivity contribution is 0.301. The Morgan fingerprint density at radius 2 is 2.06 bits per heavy atom. The zero-order valence-corrected chi connectivity index (χ0v) is 17.3. The summed E-state index contributed by atoms with van der Waals surface area (Å²) in [7, 11) is 0. The summed E-state index contributed by atoms with van der Waals surface area (Å²) in [5.41, 5.74) is 6.32. The molecule has 1 aliphatic carbocycles. The fourth-order valence-electron chi connectivity index (χ4n) is 4.35. The third kappa shape index (κ3) is 3.61. The molecule has 0 amide bonds. The van der Waals surface area contributed by atoms with Crippen molar-refractivity contribution >= 4 is 16.6 Å². The number of H-pyrrole nitrogens is 1. The van der Waals surface area contributed by atoms with Crippen LogP contribution in [-0.4, -0.2) is 35.7 Å². The number of imidazole rings is 2. The summed E-state index contributed by atoms with van der Waals surface area (Å²) in [6, 6.07) is 10.4. The largest absolute Gasteiger partial charge is 0.331 e. The van der Waals surface area contributed by atoms with Gasteiger partial charge in [0.2, 0.25) is 0 Å². The van der Waals surface area contributed by atoms with E-state index in [2.05, 4.69) is 66.3 Å². The summed E-state index contributed by atoms with van der Waals surface area (Å²) >= 11 is 0. The van der Waals surface area contributed by atoms with Gasteiger partial charge in [0.1, 0.15) is 5.65 Å². The van der Waals surface area contributed by atoms with Gasteiger partial charge in [-0.25, -0.2) is 9.97 Å². The minimum atomic E-state index is 0.686. The van der Waals surface area contributed by atoms with E-state index in [4.69, 9.17) is 4.98 Å². The third-order valence-electron chi connectivity index (χ3n) is 6.29. The van der Waals surface area contributed by atoms with Gasteiger partial charge in [0, 0.05) is 36.1 Å². The molecule has 0 atom stereocenters. The number of pyridine rings is 1. The fraction of sp³-hybridized carbons (Fsp3) is 0.292. The van der Waals surface area contributed by atoms with Crippen LogP contribution in [0.25, 0.3) is 27.8 Å². The molecule has 1 fully saturated rings. The van der Waals surface area contributed by atoms with Crippen molar-refractivity contribution in [2.75, 3.05) is 6.54 Å². The molecule has 31 heavy (non-hydrogen) atoms. The second kappa shape index (κ2) is 7.67. The highest BCUT2D eigenvalue weighted by atomic mass is 15.1. The van der Waals surface area contributed by atoms with Crippen molar-refractivity contribution in [3.05, 3.63) is 72.7 Å². The van der Waals surface area contributed by atoms with E-state index >= 15 is 0 Å². The van der Waals surface area contributed by atoms with Crippen LogP contribution < -0.4 is 5.32 Å². The molecule has 1 aromatic carbocycles. The molecular formula is C24H25N7. The Balaban J connectivity index is 1.18. The molecule has 0 aliphatic heterocycles. The Kier molecular flexibility index (Phi) is 4.53. The first-order valence-corrected chi connectivity index (χ1v) is 10.9. The van der Waals surface area contributed by atoms with Gasteiger partial charge in [-0.1, -0.05) is 24.6 Å². The van der Waals surface area contributed by atoms with Crippen LogP contribution in [0.15, 0.2) is 61.4 Å². The normalized spacial score (nSPS) is 14.5. The summed E-state index contributed by atoms with van der Waals surface area (Å²) in [6.07, 6.45) is 14.2. The first-order valence-electron chi connectivity index (χ1n) is 10.9. The number of benzene rings is 1. The standard InChI is InChI=1S/C24H25N7/c1-3-17(4-1)9-25-10-18-7-8-24-28-19(14-31(24)12-18)13-30-15-23(26-16-30)20-5-2-6-22-21(20)11-27-29-22/h2,5-8,11-12,14-17,25H,1,3-4,9-10,13H2,(H,27,29). The van der Waals surface area contributed by atoms with Crippen molar-refractivity contribution in [3.8, 4) is 11.3 Å². The number of hydrogen-bond acceptors (Lipinski definition) is 4. The van der Waals surface area contributed by atoms with E-state index in [0.29, 0.717) is 6.54 Å². The molecule has 4 aromatic heterocycles. The summed E-state index contributed by atoms with van der Waals surface area (Å²) in [5.74, 6) is 0.879. The molecule has 0 radical (unpaired) electrons. The maximum absolute atomic E-state index is 4.78. The molecule has 4 heterocycles. The van der Waals surface area contributed by atoms with Gasteiger partial charge in [0.15, 0.2) is 0 Å². The molecule has 0 spiro atoms. The molecule has 7 heteroatoms. The quantitative estimate of drug-likeness (QED) is 0.424. The van der Waals surface area contributed by atoms with E-state index in [1.807, 2.05) is 24.7 Å². The smallest absolute Gasteiger partial charge is 0.137 e. The van der Waals surface area contributed by atoms with Crippen LogP contribution in [0.4, 0.5) is 0 Å². The molecule has 2 N–H and O–H groups in total. The highest BCUT2D eigenvalue weighted by Gasteiger charge is 2.16. The zero-order chi connectivity index (χ0) is 20.6. The van der Waals surface area contributed by atoms with Crippen LogP contribution in [-0.2, 0) is 13.1 Å². The Labute approximate surface area is 180 Å². The Morgan fingerprint density at radius 3 is 2.97 bits per heavy atom. The van der Waals surface area contributed by atoms with Crippen molar-refractivity contribution in [1.82, 2.24) is 34.4 Å². The lowest BCUT2D eigenvalue weighted by atomic mass is 9.85. The molecule has 0 unspecified atom stereocenters. The van der Waals surface area contributed by atoms with Crippen molar-refractivity contribution in [3.63, 3.8) is 0 Å². The monoisotopic (exact) mass is 411 g/mol. The average Bonchev–Trinajstić information content (AvgIpc) is 3.48. The van der Waals surface area contributed by atoms with Gasteiger partial charge in [-0.15, -0.1) is 0 Å². The van der Waals surface area contributed by atoms with Gasteiger partial charge in [-0.05, 0) is 43.0 Å². The van der Waals surface area contributed by atoms with Crippen molar-refractivity contribution in [2.45, 2.75) is 32.4 Å². The Morgan fingerprint density at radius 1 is 1.10 bits per heavy atom. The number of rotatable bonds is 7. The van der Waals surface area contributed by atoms with Crippen molar-refractivity contribution in [1.29, 1.82) is 0 Å². The lowest BCUT2D eigenvalue weighted by Crippen LogP contribution is -2.26. The van der Waals surface area contributed by atoms with Gasteiger partial charge in [0.25, 0.3) is 0 Å². The third-order valence-corrected chi connectivity index (χ3v) is 6.29. The summed E-state index contributed by atoms with van der Waals surface area (Å²) in [5, 5.41) is 11.8. The van der Waals surface area contributed by atoms with Crippen LogP contribution >= 0.6 is 0 Å². The van der Waals surface area contributed by atoms with E-state index in [-0.39, 0.29) is 0 Å². The van der Waals surface area contributed by atoms with Crippen molar-refractivity contribution in [2.24, 2.45) is 5.92 Å². The van der Waals surface area contributed by atoms with Gasteiger partial charge in [0.05, 0.1) is 36.0 Å². The molecule has 1 saturated carbocycles. The number of nitrogens with zero attached hydrogens (tertiary/aromatic N) is 5. The second-order valence-corrected chi connectivity index (χ2v) is 8.53. The predicted octanol–water partition coefficient (Wildman–Crippen LogP) is 4.01. The number of nitrogens with one attached hydrogen (secondary N) is 2. The highest BCUT2D eigenvalue weighted by Crippen LogP contribution is 2.26. The minimum Gasteiger partial charge on any atom is -0.331 e. The lowest BCUT2D eigenvalue weighted by Gasteiger charge is -2.25. The molecule has 0 saturated heterocycles. The number of fused-ring (bicyclic) bond motifs is 2. The first kappa shape index (κ1) is 18.3. The Bertz CT molecular complexity index is 1340. The molecular weight excluding hydrogens is 386 g/mol. The first-order chi connectivity index (χ1) is 15.3. The molecule has 1 aliphatic rings. The number of hydrogen-bond donors (Lipinski definition) is 2. The van der Waals surface area contributed by atoms with E-state index in [0.717, 1.165) is 52.5 Å². The zero-order valence-electron chi connectivity index (χ0n) is 17.3. The van der Waals surface area contributed by atoms with Gasteiger partial charge < -0.3 is 14.3 Å². The number of aromatic nitrogens is 6. The van der Waals surface area contributed by atoms with Crippen LogP contribution in [0.5, 0.6) is 0 Å². The summed E-state index contributed by atoms with van der Waals surface area (Å²) in [4.78, 5) is 9.40. The van der Waals surface area contributed by atoms with Gasteiger partial charge >= 0.3 is 0 Å². The van der Waals surface area contributed by atoms with E-state index in [9.17, 15) is 0 Å². The SMILES string of the molecule is c1cc(-c2cn(Cc3cn4cc(CNCC5CCC5)ccc4n3)cn2)c2cn[nH]c2c1. The van der Waals surface area contributed by atoms with E-state index in [1.165, 1.54) is 24.8 Å². The van der Waals surface area contributed by atoms with Crippen LogP contribution in [0.3, 0.4) is 0 Å². The van der Waals surface area contributed by atoms with Crippen LogP contribution in [0.1, 0.15) is 30.5 Å². The second-order valence-electron chi connectivity index (χ2n) is 8.53. The van der Waals surface area contributed by atoms with Crippen molar-refractivity contribution < 1.29 is 0 Å². The number of aromatic amines is 1. The molecule has 6 rings (SSSR count). The molecule has 156 valence electrons. The average molecular weight is 412 g/mol. The van der Waals surface area contributed by atoms with Crippen LogP contribution in [0, 0.1) is 5.92 Å². The van der Waals surface area contributed by atoms with Crippen LogP contribution in [0.2, 0.25) is 0 Å². The molecule has 0 bridgehead atoms. The Hall–Kier alpha value is -3.45. The topological polar surface area (TPSA) is 75.8 Å². The van der Waals surface area contributed by atoms with E-state index < -0.39 is 0 Å². The maximum atomic E-state index is 4.78. The predicted molar refractivity (Wildman–Crippen MR) is 121 cm³/mol. The fourth-order valence-corrected chi connectivity index (χ4v) is 4.35. The van der Waals surface area contributed by atoms with Gasteiger partial charge in [-0.2, -0.15) is 5.10 Å². The van der Waals surface area contributed by atoms with Gasteiger partial charge in [-0.3, -0.25) is 5.10 Å². The summed E-state index contributed by atoms with van der Waals surface area (Å²) in [6.45, 7) is 2.72. The van der Waals surface area contributed by atoms with E-state index in [1.54, 1.807) is 0 Å². The molecule has 5 aromatic rings. The molecule has 7 nitrogen and oxygen atoms in total.